The summed E-state index contributed by atoms with van der Waals surface area (Å²) >= 11 is 0. The van der Waals surface area contributed by atoms with E-state index in [0.717, 1.165) is 0 Å². The van der Waals surface area contributed by atoms with Crippen molar-refractivity contribution in [3.8, 4) is 0 Å². The van der Waals surface area contributed by atoms with Crippen LogP contribution in [0.15, 0.2) is 48.8 Å². The molecule has 0 bridgehead atoms. The topological polar surface area (TPSA) is 46.1 Å². The highest BCUT2D eigenvalue weighted by Gasteiger charge is 2.11. The average molecular weight is 227 g/mol. The lowest BCUT2D eigenvalue weighted by atomic mass is 10.2. The van der Waals surface area contributed by atoms with E-state index >= 15 is 0 Å². The molecule has 2 aromatic rings. The second kappa shape index (κ2) is 5.21. The van der Waals surface area contributed by atoms with Gasteiger partial charge in [-0.3, -0.25) is 4.79 Å². The fraction of sp³-hybridized carbons (Fsp3) is 0.154. The van der Waals surface area contributed by atoms with Crippen molar-refractivity contribution >= 4 is 5.91 Å². The fourth-order valence-corrected chi connectivity index (χ4v) is 1.50. The van der Waals surface area contributed by atoms with E-state index in [1.807, 2.05) is 18.2 Å². The molecule has 0 atom stereocenters. The molecule has 0 saturated heterocycles. The van der Waals surface area contributed by atoms with Crippen LogP contribution in [-0.4, -0.2) is 27.8 Å². The maximum Gasteiger partial charge on any atom is 0.254 e. The number of rotatable bonds is 3. The molecule has 4 heteroatoms. The maximum absolute atomic E-state index is 12.0. The van der Waals surface area contributed by atoms with Crippen molar-refractivity contribution in [3.05, 3.63) is 60.2 Å². The summed E-state index contributed by atoms with van der Waals surface area (Å²) in [5.41, 5.74) is 0.672. The van der Waals surface area contributed by atoms with Crippen molar-refractivity contribution in [1.29, 1.82) is 0 Å². The molecule has 1 amide bonds. The average Bonchev–Trinajstić information content (AvgIpc) is 2.40. The highest BCUT2D eigenvalue weighted by atomic mass is 16.2. The van der Waals surface area contributed by atoms with Crippen molar-refractivity contribution < 1.29 is 4.79 Å². The summed E-state index contributed by atoms with van der Waals surface area (Å²) in [5, 5.41) is 0. The number of nitrogens with zero attached hydrogens (tertiary/aromatic N) is 3. The van der Waals surface area contributed by atoms with Crippen LogP contribution in [0.3, 0.4) is 0 Å². The van der Waals surface area contributed by atoms with Gasteiger partial charge in [0.25, 0.3) is 5.91 Å². The monoisotopic (exact) mass is 227 g/mol. The molecule has 1 heterocycles. The second-order valence-electron chi connectivity index (χ2n) is 3.69. The predicted molar refractivity (Wildman–Crippen MR) is 64.3 cm³/mol. The maximum atomic E-state index is 12.0. The molecule has 17 heavy (non-hydrogen) atoms. The van der Waals surface area contributed by atoms with Gasteiger partial charge in [-0.25, -0.2) is 9.97 Å². The lowest BCUT2D eigenvalue weighted by Crippen LogP contribution is -2.26. The molecule has 0 radical (unpaired) electrons. The number of aromatic nitrogens is 2. The molecule has 1 aromatic carbocycles. The molecule has 0 aliphatic rings. The fourth-order valence-electron chi connectivity index (χ4n) is 1.50. The van der Waals surface area contributed by atoms with Crippen LogP contribution in [0.5, 0.6) is 0 Å². The number of hydrogen-bond donors (Lipinski definition) is 0. The van der Waals surface area contributed by atoms with Gasteiger partial charge in [0.15, 0.2) is 0 Å². The molecule has 2 rings (SSSR count). The minimum absolute atomic E-state index is 0.0296. The van der Waals surface area contributed by atoms with Gasteiger partial charge < -0.3 is 4.90 Å². The summed E-state index contributed by atoms with van der Waals surface area (Å²) in [7, 11) is 1.74. The standard InChI is InChI=1S/C13H13N3O/c1-16(10-12-14-8-5-9-15-12)13(17)11-6-3-2-4-7-11/h2-9H,10H2,1H3. The highest BCUT2D eigenvalue weighted by Crippen LogP contribution is 2.05. The van der Waals surface area contributed by atoms with Gasteiger partial charge in [-0.05, 0) is 18.2 Å². The number of carbonyl (C=O) groups excluding carboxylic acids is 1. The first-order valence-electron chi connectivity index (χ1n) is 5.34. The van der Waals surface area contributed by atoms with E-state index < -0.39 is 0 Å². The van der Waals surface area contributed by atoms with Crippen molar-refractivity contribution in [3.63, 3.8) is 0 Å². The highest BCUT2D eigenvalue weighted by molar-refractivity contribution is 5.93. The van der Waals surface area contributed by atoms with Crippen LogP contribution in [-0.2, 0) is 6.54 Å². The van der Waals surface area contributed by atoms with E-state index in [2.05, 4.69) is 9.97 Å². The third-order valence-corrected chi connectivity index (χ3v) is 2.37. The van der Waals surface area contributed by atoms with E-state index in [1.165, 1.54) is 0 Å². The second-order valence-corrected chi connectivity index (χ2v) is 3.69. The Balaban J connectivity index is 2.06. The van der Waals surface area contributed by atoms with Crippen molar-refractivity contribution in [2.75, 3.05) is 7.05 Å². The molecule has 0 aliphatic heterocycles. The zero-order valence-electron chi connectivity index (χ0n) is 9.58. The molecule has 0 saturated carbocycles. The number of carbonyl (C=O) groups is 1. The van der Waals surface area contributed by atoms with E-state index in [9.17, 15) is 4.79 Å². The molecule has 0 aliphatic carbocycles. The van der Waals surface area contributed by atoms with Gasteiger partial charge in [0, 0.05) is 25.0 Å². The number of hydrogen-bond acceptors (Lipinski definition) is 3. The Bertz CT molecular complexity index is 485. The quantitative estimate of drug-likeness (QED) is 0.802. The minimum atomic E-state index is -0.0296. The summed E-state index contributed by atoms with van der Waals surface area (Å²) in [4.78, 5) is 21.8. The Hall–Kier alpha value is -2.23. The van der Waals surface area contributed by atoms with Gasteiger partial charge in [0.1, 0.15) is 5.82 Å². The van der Waals surface area contributed by atoms with E-state index in [0.29, 0.717) is 17.9 Å². The first-order chi connectivity index (χ1) is 8.27. The lowest BCUT2D eigenvalue weighted by molar-refractivity contribution is 0.0781. The largest absolute Gasteiger partial charge is 0.334 e. The molecule has 0 unspecified atom stereocenters. The summed E-state index contributed by atoms with van der Waals surface area (Å²) in [6.45, 7) is 0.411. The van der Waals surface area contributed by atoms with Gasteiger partial charge in [0.2, 0.25) is 0 Å². The summed E-state index contributed by atoms with van der Waals surface area (Å²) in [6, 6.07) is 10.9. The first-order valence-corrected chi connectivity index (χ1v) is 5.34. The third-order valence-electron chi connectivity index (χ3n) is 2.37. The van der Waals surface area contributed by atoms with Crippen LogP contribution in [0.25, 0.3) is 0 Å². The van der Waals surface area contributed by atoms with Crippen LogP contribution < -0.4 is 0 Å². The third kappa shape index (κ3) is 2.87. The van der Waals surface area contributed by atoms with E-state index in [-0.39, 0.29) is 5.91 Å². The summed E-state index contributed by atoms with van der Waals surface area (Å²) in [5.74, 6) is 0.609. The van der Waals surface area contributed by atoms with Gasteiger partial charge in [-0.1, -0.05) is 18.2 Å². The van der Waals surface area contributed by atoms with E-state index in [4.69, 9.17) is 0 Å². The normalized spacial score (nSPS) is 9.94. The predicted octanol–water partition coefficient (Wildman–Crippen LogP) is 1.75. The van der Waals surface area contributed by atoms with Gasteiger partial charge >= 0.3 is 0 Å². The summed E-state index contributed by atoms with van der Waals surface area (Å²) in [6.07, 6.45) is 3.34. The van der Waals surface area contributed by atoms with E-state index in [1.54, 1.807) is 42.5 Å². The van der Waals surface area contributed by atoms with Crippen LogP contribution in [0.2, 0.25) is 0 Å². The molecule has 4 nitrogen and oxygen atoms in total. The Morgan fingerprint density at radius 2 is 1.76 bits per heavy atom. The van der Waals surface area contributed by atoms with Crippen LogP contribution in [0.1, 0.15) is 16.2 Å². The number of amides is 1. The van der Waals surface area contributed by atoms with Crippen molar-refractivity contribution in [2.24, 2.45) is 0 Å². The van der Waals surface area contributed by atoms with Gasteiger partial charge in [-0.15, -0.1) is 0 Å². The molecular formula is C13H13N3O. The first kappa shape index (κ1) is 11.3. The van der Waals surface area contributed by atoms with Crippen molar-refractivity contribution in [1.82, 2.24) is 14.9 Å². The molecule has 86 valence electrons. The molecule has 0 N–H and O–H groups in total. The molecular weight excluding hydrogens is 214 g/mol. The molecule has 0 spiro atoms. The van der Waals surface area contributed by atoms with Gasteiger partial charge in [0.05, 0.1) is 6.54 Å². The Morgan fingerprint density at radius 3 is 2.41 bits per heavy atom. The zero-order chi connectivity index (χ0) is 12.1. The van der Waals surface area contributed by atoms with Crippen LogP contribution in [0, 0.1) is 0 Å². The van der Waals surface area contributed by atoms with Crippen molar-refractivity contribution in [2.45, 2.75) is 6.54 Å². The summed E-state index contributed by atoms with van der Waals surface area (Å²) < 4.78 is 0. The molecule has 1 aromatic heterocycles. The Morgan fingerprint density at radius 1 is 1.12 bits per heavy atom. The smallest absolute Gasteiger partial charge is 0.254 e. The zero-order valence-corrected chi connectivity index (χ0v) is 9.58. The lowest BCUT2D eigenvalue weighted by Gasteiger charge is -2.15. The van der Waals surface area contributed by atoms with Crippen LogP contribution in [0.4, 0.5) is 0 Å². The van der Waals surface area contributed by atoms with Gasteiger partial charge in [-0.2, -0.15) is 0 Å². The number of benzene rings is 1. The Labute approximate surface area is 99.9 Å². The minimum Gasteiger partial charge on any atom is -0.334 e. The van der Waals surface area contributed by atoms with Crippen LogP contribution >= 0.6 is 0 Å². The Kier molecular flexibility index (Phi) is 3.45. The SMILES string of the molecule is CN(Cc1ncccn1)C(=O)c1ccccc1. The molecule has 0 fully saturated rings.